The number of anilines is 1. The van der Waals surface area contributed by atoms with Crippen LogP contribution in [0.3, 0.4) is 0 Å². The van der Waals surface area contributed by atoms with Gasteiger partial charge in [0.1, 0.15) is 17.6 Å². The Kier molecular flexibility index (Phi) is 7.07. The average molecular weight is 528 g/mol. The summed E-state index contributed by atoms with van der Waals surface area (Å²) in [5.74, 6) is -2.95. The van der Waals surface area contributed by atoms with Gasteiger partial charge < -0.3 is 15.2 Å². The molecule has 0 saturated carbocycles. The molecule has 0 saturated heterocycles. The molecule has 0 aromatic heterocycles. The monoisotopic (exact) mass is 526 g/mol. The van der Waals surface area contributed by atoms with Crippen LogP contribution in [0.15, 0.2) is 69.6 Å². The molecule has 166 valence electrons. The number of allylic oxidation sites excluding steroid dienone is 1. The van der Waals surface area contributed by atoms with Gasteiger partial charge >= 0.3 is 11.9 Å². The van der Waals surface area contributed by atoms with Crippen LogP contribution in [0.4, 0.5) is 5.69 Å². The van der Waals surface area contributed by atoms with Gasteiger partial charge in [0.2, 0.25) is 0 Å². The minimum atomic E-state index is -1.01. The van der Waals surface area contributed by atoms with Crippen LogP contribution in [0.2, 0.25) is 5.02 Å². The van der Waals surface area contributed by atoms with Crippen LogP contribution in [-0.4, -0.2) is 26.2 Å². The van der Waals surface area contributed by atoms with Crippen molar-refractivity contribution in [3.05, 3.63) is 85.8 Å². The smallest absolute Gasteiger partial charge is 0.355 e. The van der Waals surface area contributed by atoms with E-state index in [2.05, 4.69) is 15.9 Å². The van der Waals surface area contributed by atoms with Crippen molar-refractivity contribution in [2.24, 2.45) is 5.73 Å². The molecule has 0 bridgehead atoms. The van der Waals surface area contributed by atoms with Gasteiger partial charge in [-0.05, 0) is 33.6 Å². The fourth-order valence-corrected chi connectivity index (χ4v) is 4.13. The molecule has 1 unspecified atom stereocenters. The molecule has 1 aliphatic rings. The Morgan fingerprint density at radius 3 is 2.24 bits per heavy atom. The Morgan fingerprint density at radius 1 is 1.06 bits per heavy atom. The summed E-state index contributed by atoms with van der Waals surface area (Å²) in [5.41, 5.74) is 6.54. The largest absolute Gasteiger partial charge is 0.466 e. The normalized spacial score (nSPS) is 15.6. The van der Waals surface area contributed by atoms with Crippen molar-refractivity contribution >= 4 is 45.2 Å². The molecular weight excluding hydrogens is 512 g/mol. The van der Waals surface area contributed by atoms with E-state index in [4.69, 9.17) is 26.8 Å². The lowest BCUT2D eigenvalue weighted by Crippen LogP contribution is -2.41. The summed E-state index contributed by atoms with van der Waals surface area (Å²) in [6.07, 6.45) is 0. The Bertz CT molecular complexity index is 1290. The lowest BCUT2D eigenvalue weighted by Gasteiger charge is -2.36. The van der Waals surface area contributed by atoms with Crippen molar-refractivity contribution in [3.8, 4) is 12.1 Å². The molecule has 10 heteroatoms. The van der Waals surface area contributed by atoms with Gasteiger partial charge in [0.15, 0.2) is 0 Å². The van der Waals surface area contributed by atoms with E-state index in [9.17, 15) is 20.1 Å². The number of methoxy groups -OCH3 is 2. The van der Waals surface area contributed by atoms with Crippen LogP contribution in [0, 0.1) is 22.7 Å². The number of carbonyl (C=O) groups is 2. The fraction of sp³-hybridized carbons (Fsp3) is 0.130. The topological polar surface area (TPSA) is 129 Å². The number of ether oxygens (including phenoxy) is 2. The van der Waals surface area contributed by atoms with Gasteiger partial charge in [-0.3, -0.25) is 4.90 Å². The number of carbonyl (C=O) groups excluding carboxylic acids is 2. The lowest BCUT2D eigenvalue weighted by atomic mass is 9.80. The van der Waals surface area contributed by atoms with Gasteiger partial charge in [0.25, 0.3) is 0 Å². The zero-order valence-corrected chi connectivity index (χ0v) is 19.8. The summed E-state index contributed by atoms with van der Waals surface area (Å²) in [5, 5.41) is 19.9. The molecule has 2 aromatic carbocycles. The van der Waals surface area contributed by atoms with E-state index in [0.717, 1.165) is 19.1 Å². The standard InChI is InChI=1S/C23H16BrClN4O4/c1-32-22(30)18-17(12-6-4-3-5-7-12)14(11-27)21(28)29(20(18)23(31)33-2)16-9-8-15(24)19(25)13(16)10-26/h3-9,17H,28H2,1-2H3. The maximum atomic E-state index is 13.0. The van der Waals surface area contributed by atoms with E-state index < -0.39 is 17.9 Å². The lowest BCUT2D eigenvalue weighted by molar-refractivity contribution is -0.139. The highest BCUT2D eigenvalue weighted by Crippen LogP contribution is 2.45. The van der Waals surface area contributed by atoms with Gasteiger partial charge in [-0.1, -0.05) is 41.9 Å². The van der Waals surface area contributed by atoms with Gasteiger partial charge in [0, 0.05) is 4.47 Å². The first-order chi connectivity index (χ1) is 15.8. The Hall–Kier alpha value is -3.79. The first-order valence-corrected chi connectivity index (χ1v) is 10.5. The summed E-state index contributed by atoms with van der Waals surface area (Å²) in [4.78, 5) is 27.2. The summed E-state index contributed by atoms with van der Waals surface area (Å²) in [6, 6.07) is 15.7. The van der Waals surface area contributed by atoms with E-state index >= 15 is 0 Å². The summed E-state index contributed by atoms with van der Waals surface area (Å²) >= 11 is 9.56. The predicted molar refractivity (Wildman–Crippen MR) is 123 cm³/mol. The van der Waals surface area contributed by atoms with Crippen molar-refractivity contribution in [2.75, 3.05) is 19.1 Å². The molecule has 1 heterocycles. The molecular formula is C23H16BrClN4O4. The minimum absolute atomic E-state index is 0.0165. The Labute approximate surface area is 203 Å². The van der Waals surface area contributed by atoms with Gasteiger partial charge in [-0.25, -0.2) is 9.59 Å². The van der Waals surface area contributed by atoms with Crippen LogP contribution in [-0.2, 0) is 19.1 Å². The minimum Gasteiger partial charge on any atom is -0.466 e. The quantitative estimate of drug-likeness (QED) is 0.593. The number of nitrogens with zero attached hydrogens (tertiary/aromatic N) is 3. The third kappa shape index (κ3) is 4.05. The second-order valence-corrected chi connectivity index (χ2v) is 7.93. The van der Waals surface area contributed by atoms with E-state index in [-0.39, 0.29) is 38.9 Å². The molecule has 2 aromatic rings. The first kappa shape index (κ1) is 23.9. The fourth-order valence-electron chi connectivity index (χ4n) is 3.60. The van der Waals surface area contributed by atoms with Gasteiger partial charge in [0.05, 0.1) is 53.6 Å². The number of nitriles is 2. The van der Waals surface area contributed by atoms with E-state index in [0.29, 0.717) is 10.0 Å². The number of halogens is 2. The molecule has 1 aliphatic heterocycles. The third-order valence-electron chi connectivity index (χ3n) is 5.04. The summed E-state index contributed by atoms with van der Waals surface area (Å²) < 4.78 is 10.4. The predicted octanol–water partition coefficient (Wildman–Crippen LogP) is 3.87. The number of nitrogens with two attached hydrogens (primary N) is 1. The molecule has 0 spiro atoms. The summed E-state index contributed by atoms with van der Waals surface area (Å²) in [7, 11) is 2.29. The third-order valence-corrected chi connectivity index (χ3v) is 6.32. The molecule has 0 radical (unpaired) electrons. The molecule has 1 atom stereocenters. The molecule has 8 nitrogen and oxygen atoms in total. The second kappa shape index (κ2) is 9.78. The maximum Gasteiger partial charge on any atom is 0.355 e. The first-order valence-electron chi connectivity index (χ1n) is 9.36. The maximum absolute atomic E-state index is 13.0. The van der Waals surface area contributed by atoms with E-state index in [1.54, 1.807) is 36.4 Å². The average Bonchev–Trinajstić information content (AvgIpc) is 2.84. The van der Waals surface area contributed by atoms with Crippen LogP contribution >= 0.6 is 27.5 Å². The van der Waals surface area contributed by atoms with Crippen molar-refractivity contribution in [2.45, 2.75) is 5.92 Å². The Morgan fingerprint density at radius 2 is 1.70 bits per heavy atom. The molecule has 33 heavy (non-hydrogen) atoms. The molecule has 0 aliphatic carbocycles. The van der Waals surface area contributed by atoms with Crippen molar-refractivity contribution in [3.63, 3.8) is 0 Å². The van der Waals surface area contributed by atoms with E-state index in [1.165, 1.54) is 6.07 Å². The highest BCUT2D eigenvalue weighted by molar-refractivity contribution is 9.10. The number of hydrogen-bond donors (Lipinski definition) is 1. The molecule has 3 rings (SSSR count). The SMILES string of the molecule is COC(=O)C1=C(C(=O)OC)N(c2ccc(Br)c(Cl)c2C#N)C(N)=C(C#N)C1c1ccccc1. The number of rotatable bonds is 4. The number of hydrogen-bond acceptors (Lipinski definition) is 8. The van der Waals surface area contributed by atoms with Gasteiger partial charge in [-0.15, -0.1) is 0 Å². The number of benzene rings is 2. The highest BCUT2D eigenvalue weighted by Gasteiger charge is 2.43. The van der Waals surface area contributed by atoms with Crippen molar-refractivity contribution < 1.29 is 19.1 Å². The molecule has 0 fully saturated rings. The zero-order chi connectivity index (χ0) is 24.3. The van der Waals surface area contributed by atoms with Gasteiger partial charge in [-0.2, -0.15) is 10.5 Å². The van der Waals surface area contributed by atoms with Crippen molar-refractivity contribution in [1.29, 1.82) is 10.5 Å². The van der Waals surface area contributed by atoms with Crippen LogP contribution < -0.4 is 10.6 Å². The van der Waals surface area contributed by atoms with Crippen molar-refractivity contribution in [1.82, 2.24) is 0 Å². The highest BCUT2D eigenvalue weighted by atomic mass is 79.9. The molecule has 2 N–H and O–H groups in total. The van der Waals surface area contributed by atoms with Crippen LogP contribution in [0.1, 0.15) is 17.0 Å². The summed E-state index contributed by atoms with van der Waals surface area (Å²) in [6.45, 7) is 0. The zero-order valence-electron chi connectivity index (χ0n) is 17.4. The van der Waals surface area contributed by atoms with E-state index in [1.807, 2.05) is 12.1 Å². The Balaban J connectivity index is 2.49. The van der Waals surface area contributed by atoms with Crippen LogP contribution in [0.5, 0.6) is 0 Å². The van der Waals surface area contributed by atoms with Crippen LogP contribution in [0.25, 0.3) is 0 Å². The number of esters is 2. The second-order valence-electron chi connectivity index (χ2n) is 6.70. The molecule has 0 amide bonds.